The largest absolute Gasteiger partial charge is 0.493 e. The lowest BCUT2D eigenvalue weighted by Crippen LogP contribution is -2.28. The molecule has 0 spiro atoms. The number of para-hydroxylation sites is 1. The molecule has 0 saturated heterocycles. The Morgan fingerprint density at radius 1 is 0.854 bits per heavy atom. The number of rotatable bonds is 7. The molecule has 1 aliphatic carbocycles. The number of methoxy groups -OCH3 is 1. The number of benzene rings is 5. The Morgan fingerprint density at radius 2 is 1.68 bits per heavy atom. The second-order valence-electron chi connectivity index (χ2n) is 10.7. The Bertz CT molecular complexity index is 1750. The molecule has 3 atom stereocenters. The van der Waals surface area contributed by atoms with E-state index in [1.165, 1.54) is 27.6 Å². The Morgan fingerprint density at radius 3 is 2.59 bits per heavy atom. The molecule has 1 aliphatic heterocycles. The van der Waals surface area contributed by atoms with Crippen LogP contribution in [0.4, 0.5) is 11.4 Å². The summed E-state index contributed by atoms with van der Waals surface area (Å²) in [4.78, 5) is 4.74. The van der Waals surface area contributed by atoms with Crippen LogP contribution in [0.5, 0.6) is 11.5 Å². The first-order valence-corrected chi connectivity index (χ1v) is 14.2. The van der Waals surface area contributed by atoms with Gasteiger partial charge in [0, 0.05) is 17.8 Å². The van der Waals surface area contributed by atoms with Gasteiger partial charge >= 0.3 is 0 Å². The van der Waals surface area contributed by atoms with E-state index in [0.717, 1.165) is 23.2 Å². The van der Waals surface area contributed by atoms with Crippen molar-refractivity contribution in [2.24, 2.45) is 10.9 Å². The van der Waals surface area contributed by atoms with Crippen LogP contribution < -0.4 is 14.8 Å². The number of aliphatic imine (C=N–C) groups is 1. The van der Waals surface area contributed by atoms with Crippen molar-refractivity contribution >= 4 is 28.4 Å². The van der Waals surface area contributed by atoms with E-state index >= 15 is 0 Å². The van der Waals surface area contributed by atoms with Gasteiger partial charge in [-0.3, -0.25) is 4.99 Å². The number of fused-ring (bicyclic) bond motifs is 4. The lowest BCUT2D eigenvalue weighted by Gasteiger charge is -2.37. The van der Waals surface area contributed by atoms with Crippen molar-refractivity contribution in [2.75, 3.05) is 12.4 Å². The molecule has 0 bridgehead atoms. The fourth-order valence-electron chi connectivity index (χ4n) is 6.25. The quantitative estimate of drug-likeness (QED) is 0.167. The van der Waals surface area contributed by atoms with Crippen molar-refractivity contribution in [3.63, 3.8) is 0 Å². The summed E-state index contributed by atoms with van der Waals surface area (Å²) in [7, 11) is 1.67. The zero-order valence-electron chi connectivity index (χ0n) is 23.0. The maximum atomic E-state index is 6.18. The number of allylic oxidation sites excluding steroid dienone is 2. The van der Waals surface area contributed by atoms with Crippen LogP contribution in [-0.2, 0) is 6.61 Å². The highest BCUT2D eigenvalue weighted by atomic mass is 16.5. The van der Waals surface area contributed by atoms with Crippen LogP contribution in [0, 0.1) is 5.92 Å². The van der Waals surface area contributed by atoms with Crippen LogP contribution in [0.2, 0.25) is 0 Å². The molecule has 0 radical (unpaired) electrons. The number of hydrogen-bond donors (Lipinski definition) is 1. The van der Waals surface area contributed by atoms with Gasteiger partial charge in [-0.1, -0.05) is 84.9 Å². The van der Waals surface area contributed by atoms with E-state index in [2.05, 4.69) is 108 Å². The minimum absolute atomic E-state index is 0.286. The number of ether oxygens (including phenoxy) is 2. The Hall–Kier alpha value is -4.83. The summed E-state index contributed by atoms with van der Waals surface area (Å²) >= 11 is 0. The fraction of sp³-hybridized carbons (Fsp3) is 0.162. The van der Waals surface area contributed by atoms with Gasteiger partial charge in [-0.25, -0.2) is 0 Å². The fourth-order valence-corrected chi connectivity index (χ4v) is 6.25. The first kappa shape index (κ1) is 25.2. The average molecular weight is 537 g/mol. The predicted octanol–water partition coefficient (Wildman–Crippen LogP) is 9.00. The van der Waals surface area contributed by atoms with Crippen LogP contribution in [-0.4, -0.2) is 13.3 Å². The van der Waals surface area contributed by atoms with Gasteiger partial charge in [0.1, 0.15) is 6.61 Å². The van der Waals surface area contributed by atoms with E-state index in [4.69, 9.17) is 14.5 Å². The molecule has 5 aromatic carbocycles. The molecule has 0 aromatic heterocycles. The lowest BCUT2D eigenvalue weighted by atomic mass is 9.77. The third kappa shape index (κ3) is 4.98. The second-order valence-corrected chi connectivity index (χ2v) is 10.7. The van der Waals surface area contributed by atoms with Gasteiger partial charge < -0.3 is 14.8 Å². The maximum absolute atomic E-state index is 6.18. The monoisotopic (exact) mass is 536 g/mol. The van der Waals surface area contributed by atoms with Crippen LogP contribution in [0.3, 0.4) is 0 Å². The van der Waals surface area contributed by atoms with E-state index in [1.807, 2.05) is 24.4 Å². The first-order chi connectivity index (χ1) is 20.3. The van der Waals surface area contributed by atoms with Gasteiger partial charge in [-0.05, 0) is 81.8 Å². The third-order valence-corrected chi connectivity index (χ3v) is 8.34. The van der Waals surface area contributed by atoms with Crippen molar-refractivity contribution in [1.29, 1.82) is 0 Å². The summed E-state index contributed by atoms with van der Waals surface area (Å²) in [6.07, 6.45) is 7.68. The first-order valence-electron chi connectivity index (χ1n) is 14.2. The summed E-state index contributed by atoms with van der Waals surface area (Å²) in [6.45, 7) is 0.469. The molecule has 0 amide bonds. The minimum atomic E-state index is 0.286. The van der Waals surface area contributed by atoms with Crippen molar-refractivity contribution < 1.29 is 9.47 Å². The van der Waals surface area contributed by atoms with Gasteiger partial charge in [-0.2, -0.15) is 0 Å². The summed E-state index contributed by atoms with van der Waals surface area (Å²) in [5.74, 6) is 2.41. The van der Waals surface area contributed by atoms with Crippen LogP contribution >= 0.6 is 0 Å². The SMILES string of the molecule is COc1cc(C=Nc2ccc([C@@H]3Nc4ccccc4[C@H]4C=CC[C@@H]43)cc2)ccc1OCc1cccc2ccccc12. The summed E-state index contributed by atoms with van der Waals surface area (Å²) < 4.78 is 11.8. The second kappa shape index (κ2) is 11.0. The number of hydrogen-bond acceptors (Lipinski definition) is 4. The molecule has 0 saturated carbocycles. The molecular formula is C37H32N2O2. The van der Waals surface area contributed by atoms with E-state index in [-0.39, 0.29) is 6.04 Å². The highest BCUT2D eigenvalue weighted by Gasteiger charge is 2.37. The molecule has 1 N–H and O–H groups in total. The van der Waals surface area contributed by atoms with E-state index in [0.29, 0.717) is 29.9 Å². The van der Waals surface area contributed by atoms with Gasteiger partial charge in [0.25, 0.3) is 0 Å². The molecule has 4 heteroatoms. The van der Waals surface area contributed by atoms with Gasteiger partial charge in [0.15, 0.2) is 11.5 Å². The minimum Gasteiger partial charge on any atom is -0.493 e. The van der Waals surface area contributed by atoms with Crippen LogP contribution in [0.25, 0.3) is 10.8 Å². The van der Waals surface area contributed by atoms with Gasteiger partial charge in [0.2, 0.25) is 0 Å². The Kier molecular flexibility index (Phi) is 6.73. The number of nitrogens with one attached hydrogen (secondary N) is 1. The number of nitrogens with zero attached hydrogens (tertiary/aromatic N) is 1. The van der Waals surface area contributed by atoms with Crippen molar-refractivity contribution in [1.82, 2.24) is 0 Å². The highest BCUT2D eigenvalue weighted by Crippen LogP contribution is 2.49. The molecule has 0 unspecified atom stereocenters. The van der Waals surface area contributed by atoms with Gasteiger partial charge in [-0.15, -0.1) is 0 Å². The van der Waals surface area contributed by atoms with Crippen LogP contribution in [0.1, 0.15) is 40.6 Å². The molecule has 4 nitrogen and oxygen atoms in total. The molecule has 202 valence electrons. The molecule has 41 heavy (non-hydrogen) atoms. The summed E-state index contributed by atoms with van der Waals surface area (Å²) in [6, 6.07) is 38.2. The molecule has 0 fully saturated rings. The molecule has 5 aromatic rings. The Labute approximate surface area is 241 Å². The van der Waals surface area contributed by atoms with E-state index in [9.17, 15) is 0 Å². The van der Waals surface area contributed by atoms with Crippen molar-refractivity contribution in [3.8, 4) is 11.5 Å². The zero-order valence-corrected chi connectivity index (χ0v) is 23.0. The molecule has 2 aliphatic rings. The molecule has 1 heterocycles. The van der Waals surface area contributed by atoms with Crippen molar-refractivity contribution in [3.05, 3.63) is 144 Å². The van der Waals surface area contributed by atoms with Gasteiger partial charge in [0.05, 0.1) is 18.8 Å². The predicted molar refractivity (Wildman–Crippen MR) is 168 cm³/mol. The molecular weight excluding hydrogens is 504 g/mol. The normalized spacial score (nSPS) is 19.1. The van der Waals surface area contributed by atoms with Crippen molar-refractivity contribution in [2.45, 2.75) is 25.0 Å². The number of anilines is 1. The molecule has 7 rings (SSSR count). The van der Waals surface area contributed by atoms with Crippen LogP contribution in [0.15, 0.2) is 126 Å². The standard InChI is InChI=1S/C37H32N2O2/c1-40-36-22-25(16-21-35(36)41-24-28-10-6-9-26-8-2-3-11-30(26)28)23-38-29-19-17-27(18-20-29)37-33-14-7-13-31(33)32-12-4-5-15-34(32)39-37/h2-13,15-23,31,33,37,39H,14,24H2,1H3/t31-,33+,37+/m1/s1. The van der Waals surface area contributed by atoms with E-state index < -0.39 is 0 Å². The summed E-state index contributed by atoms with van der Waals surface area (Å²) in [5, 5.41) is 6.22. The topological polar surface area (TPSA) is 42.8 Å². The lowest BCUT2D eigenvalue weighted by molar-refractivity contribution is 0.285. The Balaban J connectivity index is 1.04. The maximum Gasteiger partial charge on any atom is 0.161 e. The highest BCUT2D eigenvalue weighted by molar-refractivity contribution is 5.85. The third-order valence-electron chi connectivity index (χ3n) is 8.34. The average Bonchev–Trinajstić information content (AvgIpc) is 3.53. The smallest absolute Gasteiger partial charge is 0.161 e. The van der Waals surface area contributed by atoms with E-state index in [1.54, 1.807) is 7.11 Å². The summed E-state index contributed by atoms with van der Waals surface area (Å²) in [5.41, 5.74) is 6.96. The zero-order chi connectivity index (χ0) is 27.6.